The van der Waals surface area contributed by atoms with E-state index in [1.54, 1.807) is 0 Å². The normalized spacial score (nSPS) is 9.65. The molecule has 0 aliphatic heterocycles. The summed E-state index contributed by atoms with van der Waals surface area (Å²) in [7, 11) is 0. The minimum atomic E-state index is -0.730. The van der Waals surface area contributed by atoms with Gasteiger partial charge in [-0.05, 0) is 12.0 Å². The number of amides is 1. The zero-order chi connectivity index (χ0) is 14.8. The predicted molar refractivity (Wildman–Crippen MR) is 74.8 cm³/mol. The molecule has 1 aromatic rings. The van der Waals surface area contributed by atoms with E-state index in [0.29, 0.717) is 6.61 Å². The number of unbranched alkanes of at least 4 members (excludes halogenated alkanes) is 1. The van der Waals surface area contributed by atoms with Crippen molar-refractivity contribution < 1.29 is 19.1 Å². The van der Waals surface area contributed by atoms with Crippen LogP contribution in [0.3, 0.4) is 0 Å². The van der Waals surface area contributed by atoms with Crippen molar-refractivity contribution in [1.29, 1.82) is 0 Å². The van der Waals surface area contributed by atoms with Gasteiger partial charge < -0.3 is 9.47 Å². The molecule has 0 bridgehead atoms. The van der Waals surface area contributed by atoms with Gasteiger partial charge in [-0.2, -0.15) is 0 Å². The second kappa shape index (κ2) is 8.74. The van der Waals surface area contributed by atoms with Crippen molar-refractivity contribution >= 4 is 12.1 Å². The van der Waals surface area contributed by atoms with Crippen LogP contribution in [0.15, 0.2) is 42.6 Å². The molecule has 0 spiro atoms. The molecule has 0 aromatic heterocycles. The fraction of sp³-hybridized carbons (Fsp3) is 0.333. The quantitative estimate of drug-likeness (QED) is 0.473. The topological polar surface area (TPSA) is 64.6 Å². The summed E-state index contributed by atoms with van der Waals surface area (Å²) in [6.07, 6.45) is 0.968. The molecule has 0 aliphatic carbocycles. The van der Waals surface area contributed by atoms with Crippen LogP contribution < -0.4 is 5.32 Å². The summed E-state index contributed by atoms with van der Waals surface area (Å²) in [6, 6.07) is 9.24. The first-order chi connectivity index (χ1) is 9.63. The maximum absolute atomic E-state index is 11.5. The van der Waals surface area contributed by atoms with Crippen molar-refractivity contribution in [1.82, 2.24) is 5.32 Å². The summed E-state index contributed by atoms with van der Waals surface area (Å²) >= 11 is 0. The third-order valence-electron chi connectivity index (χ3n) is 2.44. The van der Waals surface area contributed by atoms with Crippen LogP contribution in [-0.4, -0.2) is 18.7 Å². The highest BCUT2D eigenvalue weighted by molar-refractivity contribution is 5.91. The third kappa shape index (κ3) is 6.04. The molecule has 0 heterocycles. The van der Waals surface area contributed by atoms with Gasteiger partial charge in [0.05, 0.1) is 6.61 Å². The number of rotatable bonds is 7. The summed E-state index contributed by atoms with van der Waals surface area (Å²) in [5, 5.41) is 2.25. The maximum atomic E-state index is 11.5. The Kier molecular flexibility index (Phi) is 6.89. The monoisotopic (exact) mass is 277 g/mol. The Balaban J connectivity index is 2.27. The largest absolute Gasteiger partial charge is 0.461 e. The first-order valence-corrected chi connectivity index (χ1v) is 6.47. The van der Waals surface area contributed by atoms with Crippen molar-refractivity contribution in [3.63, 3.8) is 0 Å². The molecular formula is C15H19NO4. The van der Waals surface area contributed by atoms with Crippen LogP contribution in [0.25, 0.3) is 0 Å². The van der Waals surface area contributed by atoms with Crippen LogP contribution in [0, 0.1) is 0 Å². The van der Waals surface area contributed by atoms with E-state index in [9.17, 15) is 9.59 Å². The molecule has 1 rings (SSSR count). The third-order valence-corrected chi connectivity index (χ3v) is 2.44. The van der Waals surface area contributed by atoms with E-state index < -0.39 is 12.1 Å². The number of carbonyl (C=O) groups excluding carboxylic acids is 2. The first kappa shape index (κ1) is 15.8. The van der Waals surface area contributed by atoms with E-state index in [1.807, 2.05) is 37.3 Å². The smallest absolute Gasteiger partial charge is 0.412 e. The van der Waals surface area contributed by atoms with E-state index in [2.05, 4.69) is 11.9 Å². The molecule has 0 atom stereocenters. The van der Waals surface area contributed by atoms with Crippen molar-refractivity contribution in [2.24, 2.45) is 0 Å². The number of hydrogen-bond donors (Lipinski definition) is 1. The SMILES string of the molecule is C=C(NC(=O)OCc1ccccc1)C(=O)OCCCC. The average Bonchev–Trinajstić information content (AvgIpc) is 2.46. The van der Waals surface area contributed by atoms with Crippen LogP contribution in [-0.2, 0) is 20.9 Å². The highest BCUT2D eigenvalue weighted by atomic mass is 16.6. The maximum Gasteiger partial charge on any atom is 0.412 e. The summed E-state index contributed by atoms with van der Waals surface area (Å²) in [4.78, 5) is 22.9. The summed E-state index contributed by atoms with van der Waals surface area (Å²) in [5.41, 5.74) is 0.734. The molecule has 0 fully saturated rings. The Morgan fingerprint density at radius 1 is 1.20 bits per heavy atom. The Morgan fingerprint density at radius 2 is 1.90 bits per heavy atom. The molecule has 5 heteroatoms. The van der Waals surface area contributed by atoms with Crippen LogP contribution >= 0.6 is 0 Å². The van der Waals surface area contributed by atoms with E-state index in [0.717, 1.165) is 18.4 Å². The summed E-state index contributed by atoms with van der Waals surface area (Å²) in [6.45, 7) is 5.87. The Morgan fingerprint density at radius 3 is 2.55 bits per heavy atom. The lowest BCUT2D eigenvalue weighted by molar-refractivity contribution is -0.139. The Labute approximate surface area is 118 Å². The molecule has 0 aliphatic rings. The number of benzene rings is 1. The minimum Gasteiger partial charge on any atom is -0.461 e. The lowest BCUT2D eigenvalue weighted by Gasteiger charge is -2.09. The highest BCUT2D eigenvalue weighted by Gasteiger charge is 2.12. The van der Waals surface area contributed by atoms with Gasteiger partial charge in [0.1, 0.15) is 12.3 Å². The van der Waals surface area contributed by atoms with Crippen molar-refractivity contribution in [2.45, 2.75) is 26.4 Å². The zero-order valence-electron chi connectivity index (χ0n) is 11.6. The van der Waals surface area contributed by atoms with Crippen molar-refractivity contribution in [3.8, 4) is 0 Å². The van der Waals surface area contributed by atoms with Gasteiger partial charge in [-0.25, -0.2) is 9.59 Å². The Hall–Kier alpha value is -2.30. The molecule has 1 aromatic carbocycles. The van der Waals surface area contributed by atoms with Gasteiger partial charge in [0.25, 0.3) is 0 Å². The number of nitrogens with one attached hydrogen (secondary N) is 1. The van der Waals surface area contributed by atoms with Crippen LogP contribution in [0.5, 0.6) is 0 Å². The van der Waals surface area contributed by atoms with Gasteiger partial charge in [-0.1, -0.05) is 50.3 Å². The molecule has 0 unspecified atom stereocenters. The number of ether oxygens (including phenoxy) is 2. The lowest BCUT2D eigenvalue weighted by atomic mass is 10.2. The average molecular weight is 277 g/mol. The van der Waals surface area contributed by atoms with Crippen LogP contribution in [0.4, 0.5) is 4.79 Å². The molecular weight excluding hydrogens is 258 g/mol. The van der Waals surface area contributed by atoms with Crippen molar-refractivity contribution in [2.75, 3.05) is 6.61 Å². The number of alkyl carbamates (subject to hydrolysis) is 1. The van der Waals surface area contributed by atoms with Gasteiger partial charge in [-0.15, -0.1) is 0 Å². The minimum absolute atomic E-state index is 0.126. The summed E-state index contributed by atoms with van der Waals surface area (Å²) in [5.74, 6) is -0.643. The number of hydrogen-bond acceptors (Lipinski definition) is 4. The van der Waals surface area contributed by atoms with E-state index >= 15 is 0 Å². The van der Waals surface area contributed by atoms with E-state index in [1.165, 1.54) is 0 Å². The molecule has 5 nitrogen and oxygen atoms in total. The second-order valence-electron chi connectivity index (χ2n) is 4.15. The van der Waals surface area contributed by atoms with E-state index in [-0.39, 0.29) is 12.3 Å². The standard InChI is InChI=1S/C15H19NO4/c1-3-4-10-19-14(17)12(2)16-15(18)20-11-13-8-6-5-7-9-13/h5-9H,2-4,10-11H2,1H3,(H,16,18). The molecule has 0 saturated carbocycles. The fourth-order valence-corrected chi connectivity index (χ4v) is 1.33. The van der Waals surface area contributed by atoms with Crippen LogP contribution in [0.1, 0.15) is 25.3 Å². The lowest BCUT2D eigenvalue weighted by Crippen LogP contribution is -2.28. The van der Waals surface area contributed by atoms with Crippen molar-refractivity contribution in [3.05, 3.63) is 48.2 Å². The molecule has 108 valence electrons. The number of esters is 1. The second-order valence-corrected chi connectivity index (χ2v) is 4.15. The highest BCUT2D eigenvalue weighted by Crippen LogP contribution is 2.01. The molecule has 1 amide bonds. The summed E-state index contributed by atoms with van der Waals surface area (Å²) < 4.78 is 9.86. The van der Waals surface area contributed by atoms with Gasteiger partial charge in [0.2, 0.25) is 0 Å². The van der Waals surface area contributed by atoms with Gasteiger partial charge >= 0.3 is 12.1 Å². The van der Waals surface area contributed by atoms with Gasteiger partial charge in [0.15, 0.2) is 0 Å². The number of carbonyl (C=O) groups is 2. The van der Waals surface area contributed by atoms with Gasteiger partial charge in [-0.3, -0.25) is 5.32 Å². The molecule has 20 heavy (non-hydrogen) atoms. The molecule has 0 saturated heterocycles. The zero-order valence-corrected chi connectivity index (χ0v) is 11.6. The fourth-order valence-electron chi connectivity index (χ4n) is 1.33. The molecule has 0 radical (unpaired) electrons. The first-order valence-electron chi connectivity index (χ1n) is 6.47. The molecule has 1 N–H and O–H groups in total. The van der Waals surface area contributed by atoms with Gasteiger partial charge in [0, 0.05) is 0 Å². The van der Waals surface area contributed by atoms with Crippen LogP contribution in [0.2, 0.25) is 0 Å². The Bertz CT molecular complexity index is 456. The van der Waals surface area contributed by atoms with E-state index in [4.69, 9.17) is 9.47 Å². The predicted octanol–water partition coefficient (Wildman–Crippen LogP) is 2.77.